The third-order valence-electron chi connectivity index (χ3n) is 6.14. The molecular weight excluding hydrogens is 400 g/mol. The summed E-state index contributed by atoms with van der Waals surface area (Å²) in [6, 6.07) is 2.74. The van der Waals surface area contributed by atoms with Gasteiger partial charge in [-0.2, -0.15) is 0 Å². The van der Waals surface area contributed by atoms with E-state index in [1.54, 1.807) is 16.8 Å². The lowest BCUT2D eigenvalue weighted by atomic mass is 9.85. The fraction of sp³-hybridized carbons (Fsp3) is 0.429. The minimum absolute atomic E-state index is 0.533. The Kier molecular flexibility index (Phi) is 5.04. The van der Waals surface area contributed by atoms with Gasteiger partial charge in [0.2, 0.25) is 11.7 Å². The summed E-state index contributed by atoms with van der Waals surface area (Å²) in [7, 11) is 4.35. The lowest BCUT2D eigenvalue weighted by Crippen LogP contribution is -2.33. The smallest absolute Gasteiger partial charge is 0.241 e. The molecule has 0 unspecified atom stereocenters. The molecule has 0 spiro atoms. The van der Waals surface area contributed by atoms with Crippen LogP contribution in [-0.4, -0.2) is 60.5 Å². The molecular formula is C21H25ClN8. The molecule has 8 nitrogen and oxygen atoms in total. The summed E-state index contributed by atoms with van der Waals surface area (Å²) in [6.07, 6.45) is 14.1. The van der Waals surface area contributed by atoms with E-state index >= 15 is 0 Å². The molecule has 156 valence electrons. The van der Waals surface area contributed by atoms with Gasteiger partial charge in [0.25, 0.3) is 0 Å². The highest BCUT2D eigenvalue weighted by molar-refractivity contribution is 6.29. The Morgan fingerprint density at radius 3 is 2.70 bits per heavy atom. The summed E-state index contributed by atoms with van der Waals surface area (Å²) in [5.74, 6) is 1.92. The molecule has 0 amide bonds. The van der Waals surface area contributed by atoms with Crippen molar-refractivity contribution in [3.63, 3.8) is 0 Å². The number of hydrogen-bond donors (Lipinski definition) is 1. The number of halogens is 1. The van der Waals surface area contributed by atoms with Crippen LogP contribution in [0.1, 0.15) is 25.7 Å². The monoisotopic (exact) mass is 424 g/mol. The van der Waals surface area contributed by atoms with Crippen LogP contribution in [0.2, 0.25) is 5.15 Å². The van der Waals surface area contributed by atoms with Gasteiger partial charge in [-0.1, -0.05) is 11.6 Å². The maximum Gasteiger partial charge on any atom is 0.241 e. The molecule has 4 heterocycles. The molecule has 9 heteroatoms. The van der Waals surface area contributed by atoms with Gasteiger partial charge in [0.05, 0.1) is 17.9 Å². The van der Waals surface area contributed by atoms with Gasteiger partial charge in [0, 0.05) is 42.3 Å². The summed E-state index contributed by atoms with van der Waals surface area (Å²) in [6.45, 7) is 0.916. The SMILES string of the molecule is CN(C)C1CCC(CNc2ncc3c(-c4cnc5ncc(Cl)n5c4)ccn3n2)CC1. The van der Waals surface area contributed by atoms with Gasteiger partial charge in [-0.25, -0.2) is 19.5 Å². The van der Waals surface area contributed by atoms with Crippen molar-refractivity contribution in [1.82, 2.24) is 33.9 Å². The summed E-state index contributed by atoms with van der Waals surface area (Å²) < 4.78 is 3.62. The Hall–Kier alpha value is -2.71. The molecule has 0 aromatic carbocycles. The minimum Gasteiger partial charge on any atom is -0.353 e. The van der Waals surface area contributed by atoms with Crippen LogP contribution in [0, 0.1) is 5.92 Å². The normalized spacial score (nSPS) is 19.7. The maximum absolute atomic E-state index is 6.19. The van der Waals surface area contributed by atoms with E-state index in [1.165, 1.54) is 25.7 Å². The topological polar surface area (TPSA) is 75.6 Å². The van der Waals surface area contributed by atoms with Crippen LogP contribution in [-0.2, 0) is 0 Å². The van der Waals surface area contributed by atoms with E-state index in [0.717, 1.165) is 29.2 Å². The number of anilines is 1. The number of aromatic nitrogens is 6. The number of imidazole rings is 1. The molecule has 4 aromatic heterocycles. The van der Waals surface area contributed by atoms with Crippen molar-refractivity contribution in [2.24, 2.45) is 5.92 Å². The lowest BCUT2D eigenvalue weighted by Gasteiger charge is -2.32. The Morgan fingerprint density at radius 2 is 1.90 bits per heavy atom. The van der Waals surface area contributed by atoms with E-state index in [1.807, 2.05) is 29.2 Å². The number of nitrogens with one attached hydrogen (secondary N) is 1. The minimum atomic E-state index is 0.533. The van der Waals surface area contributed by atoms with Crippen molar-refractivity contribution in [1.29, 1.82) is 0 Å². The number of rotatable bonds is 5. The van der Waals surface area contributed by atoms with Crippen LogP contribution in [0.5, 0.6) is 0 Å². The lowest BCUT2D eigenvalue weighted by molar-refractivity contribution is 0.198. The average molecular weight is 425 g/mol. The fourth-order valence-corrected chi connectivity index (χ4v) is 4.48. The molecule has 1 saturated carbocycles. The van der Waals surface area contributed by atoms with Crippen molar-refractivity contribution in [2.45, 2.75) is 31.7 Å². The molecule has 0 atom stereocenters. The van der Waals surface area contributed by atoms with Gasteiger partial charge in [-0.15, -0.1) is 5.10 Å². The van der Waals surface area contributed by atoms with Crippen LogP contribution in [0.3, 0.4) is 0 Å². The highest BCUT2D eigenvalue weighted by Gasteiger charge is 2.22. The quantitative estimate of drug-likeness (QED) is 0.527. The van der Waals surface area contributed by atoms with E-state index in [2.05, 4.69) is 44.4 Å². The van der Waals surface area contributed by atoms with Crippen LogP contribution in [0.15, 0.2) is 37.1 Å². The molecule has 1 aliphatic carbocycles. The van der Waals surface area contributed by atoms with E-state index in [-0.39, 0.29) is 0 Å². The highest BCUT2D eigenvalue weighted by atomic mass is 35.5. The molecule has 5 rings (SSSR count). The van der Waals surface area contributed by atoms with E-state index in [4.69, 9.17) is 11.6 Å². The second kappa shape index (κ2) is 7.85. The third-order valence-corrected chi connectivity index (χ3v) is 6.42. The molecule has 30 heavy (non-hydrogen) atoms. The molecule has 4 aromatic rings. The standard InChI is InChI=1S/C21H25ClN8/c1-28(2)16-5-3-14(4-6-16)9-23-20-24-11-18-17(7-8-30(18)27-20)15-10-25-21-26-12-19(22)29(21)13-15/h7-8,10-14,16H,3-6,9H2,1-2H3,(H,23,27). The molecule has 1 fully saturated rings. The Balaban J connectivity index is 1.31. The fourth-order valence-electron chi connectivity index (χ4n) is 4.31. The van der Waals surface area contributed by atoms with Crippen molar-refractivity contribution in [3.05, 3.63) is 42.2 Å². The first-order valence-electron chi connectivity index (χ1n) is 10.3. The first-order valence-corrected chi connectivity index (χ1v) is 10.7. The molecule has 1 aliphatic rings. The van der Waals surface area contributed by atoms with Gasteiger partial charge < -0.3 is 10.2 Å². The number of hydrogen-bond acceptors (Lipinski definition) is 6. The van der Waals surface area contributed by atoms with Gasteiger partial charge in [0.1, 0.15) is 5.15 Å². The molecule has 0 radical (unpaired) electrons. The van der Waals surface area contributed by atoms with Gasteiger partial charge >= 0.3 is 0 Å². The van der Waals surface area contributed by atoms with Crippen LogP contribution >= 0.6 is 11.6 Å². The second-order valence-electron chi connectivity index (χ2n) is 8.25. The number of fused-ring (bicyclic) bond motifs is 2. The first kappa shape index (κ1) is 19.3. The second-order valence-corrected chi connectivity index (χ2v) is 8.64. The predicted molar refractivity (Wildman–Crippen MR) is 118 cm³/mol. The van der Waals surface area contributed by atoms with Crippen molar-refractivity contribution in [3.8, 4) is 11.1 Å². The summed E-state index contributed by atoms with van der Waals surface area (Å²) in [5, 5.41) is 8.60. The van der Waals surface area contributed by atoms with Crippen molar-refractivity contribution < 1.29 is 0 Å². The first-order chi connectivity index (χ1) is 14.6. The van der Waals surface area contributed by atoms with E-state index < -0.39 is 0 Å². The largest absolute Gasteiger partial charge is 0.353 e. The van der Waals surface area contributed by atoms with E-state index in [0.29, 0.717) is 22.8 Å². The average Bonchev–Trinajstić information content (AvgIpc) is 3.35. The Bertz CT molecular complexity index is 1170. The zero-order chi connectivity index (χ0) is 20.7. The highest BCUT2D eigenvalue weighted by Crippen LogP contribution is 2.28. The Morgan fingerprint density at radius 1 is 1.10 bits per heavy atom. The molecule has 0 aliphatic heterocycles. The predicted octanol–water partition coefficient (Wildman–Crippen LogP) is 3.62. The van der Waals surface area contributed by atoms with Crippen molar-refractivity contribution >= 4 is 28.8 Å². The van der Waals surface area contributed by atoms with E-state index in [9.17, 15) is 0 Å². The Labute approximate surface area is 179 Å². The summed E-state index contributed by atoms with van der Waals surface area (Å²) in [5.41, 5.74) is 2.86. The third kappa shape index (κ3) is 3.61. The maximum atomic E-state index is 6.19. The molecule has 0 saturated heterocycles. The zero-order valence-corrected chi connectivity index (χ0v) is 17.9. The van der Waals surface area contributed by atoms with Crippen LogP contribution in [0.4, 0.5) is 5.95 Å². The molecule has 1 N–H and O–H groups in total. The number of nitrogens with zero attached hydrogens (tertiary/aromatic N) is 7. The summed E-state index contributed by atoms with van der Waals surface area (Å²) in [4.78, 5) is 15.4. The van der Waals surface area contributed by atoms with Crippen LogP contribution in [0.25, 0.3) is 22.4 Å². The molecule has 0 bridgehead atoms. The van der Waals surface area contributed by atoms with Gasteiger partial charge in [-0.3, -0.25) is 4.40 Å². The van der Waals surface area contributed by atoms with Gasteiger partial charge in [-0.05, 0) is 51.8 Å². The van der Waals surface area contributed by atoms with Crippen molar-refractivity contribution in [2.75, 3.05) is 26.0 Å². The zero-order valence-electron chi connectivity index (χ0n) is 17.2. The van der Waals surface area contributed by atoms with Crippen LogP contribution < -0.4 is 5.32 Å². The van der Waals surface area contributed by atoms with Gasteiger partial charge in [0.15, 0.2) is 0 Å². The summed E-state index contributed by atoms with van der Waals surface area (Å²) >= 11 is 6.19.